The first-order valence-electron chi connectivity index (χ1n) is 5.32. The standard InChI is InChI=1S/C15H9F2N/c16-14-5-1-11(2-6-14)9-13(10-18)12-3-7-15(17)8-4-12/h1-9H/b13-9+. The van der Waals surface area contributed by atoms with Crippen molar-refractivity contribution >= 4 is 11.6 Å². The first-order chi connectivity index (χ1) is 8.69. The van der Waals surface area contributed by atoms with E-state index in [1.165, 1.54) is 36.4 Å². The predicted molar refractivity (Wildman–Crippen MR) is 66.3 cm³/mol. The smallest absolute Gasteiger partial charge is 0.123 e. The number of rotatable bonds is 2. The number of nitriles is 1. The highest BCUT2D eigenvalue weighted by Crippen LogP contribution is 2.18. The summed E-state index contributed by atoms with van der Waals surface area (Å²) in [5.74, 6) is -0.676. The molecule has 0 saturated carbocycles. The molecule has 0 unspecified atom stereocenters. The van der Waals surface area contributed by atoms with Crippen LogP contribution >= 0.6 is 0 Å². The molecule has 0 amide bonds. The van der Waals surface area contributed by atoms with E-state index in [1.54, 1.807) is 18.2 Å². The lowest BCUT2D eigenvalue weighted by molar-refractivity contribution is 0.627. The Kier molecular flexibility index (Phi) is 3.49. The maximum absolute atomic E-state index is 12.8. The molecular weight excluding hydrogens is 232 g/mol. The average molecular weight is 241 g/mol. The third kappa shape index (κ3) is 2.80. The second-order valence-corrected chi connectivity index (χ2v) is 3.73. The maximum Gasteiger partial charge on any atom is 0.123 e. The summed E-state index contributed by atoms with van der Waals surface area (Å²) < 4.78 is 25.5. The number of benzene rings is 2. The minimum absolute atomic E-state index is 0.326. The lowest BCUT2D eigenvalue weighted by Crippen LogP contribution is -1.83. The van der Waals surface area contributed by atoms with Crippen LogP contribution in [0.4, 0.5) is 8.78 Å². The van der Waals surface area contributed by atoms with Gasteiger partial charge in [0.1, 0.15) is 11.6 Å². The van der Waals surface area contributed by atoms with E-state index < -0.39 is 0 Å². The van der Waals surface area contributed by atoms with Crippen LogP contribution in [0.1, 0.15) is 11.1 Å². The third-order valence-corrected chi connectivity index (χ3v) is 2.46. The molecule has 0 bridgehead atoms. The summed E-state index contributed by atoms with van der Waals surface area (Å²) in [7, 11) is 0. The van der Waals surface area contributed by atoms with E-state index in [9.17, 15) is 8.78 Å². The van der Waals surface area contributed by atoms with Crippen molar-refractivity contribution in [2.75, 3.05) is 0 Å². The van der Waals surface area contributed by atoms with Crippen molar-refractivity contribution < 1.29 is 8.78 Å². The van der Waals surface area contributed by atoms with Crippen LogP contribution < -0.4 is 0 Å². The molecule has 18 heavy (non-hydrogen) atoms. The molecule has 0 aliphatic carbocycles. The van der Waals surface area contributed by atoms with E-state index in [1.807, 2.05) is 6.07 Å². The Bertz CT molecular complexity index is 604. The number of halogens is 2. The van der Waals surface area contributed by atoms with E-state index in [2.05, 4.69) is 0 Å². The molecule has 2 aromatic carbocycles. The highest BCUT2D eigenvalue weighted by atomic mass is 19.1. The lowest BCUT2D eigenvalue weighted by Gasteiger charge is -1.99. The van der Waals surface area contributed by atoms with Crippen LogP contribution in [0.5, 0.6) is 0 Å². The molecule has 1 nitrogen and oxygen atoms in total. The van der Waals surface area contributed by atoms with Gasteiger partial charge in [-0.15, -0.1) is 0 Å². The first-order valence-corrected chi connectivity index (χ1v) is 5.32. The highest BCUT2D eigenvalue weighted by Gasteiger charge is 2.01. The minimum atomic E-state index is -0.349. The van der Waals surface area contributed by atoms with Gasteiger partial charge in [-0.2, -0.15) is 5.26 Å². The Morgan fingerprint density at radius 3 is 1.89 bits per heavy atom. The van der Waals surface area contributed by atoms with Gasteiger partial charge in [0, 0.05) is 0 Å². The van der Waals surface area contributed by atoms with E-state index in [0.717, 1.165) is 5.56 Å². The van der Waals surface area contributed by atoms with Crippen LogP contribution in [0, 0.1) is 23.0 Å². The molecule has 0 spiro atoms. The van der Waals surface area contributed by atoms with Gasteiger partial charge in [-0.1, -0.05) is 24.3 Å². The molecular formula is C15H9F2N. The zero-order valence-electron chi connectivity index (χ0n) is 9.40. The van der Waals surface area contributed by atoms with Gasteiger partial charge in [0.25, 0.3) is 0 Å². The molecule has 88 valence electrons. The summed E-state index contributed by atoms with van der Waals surface area (Å²) in [6.07, 6.45) is 1.63. The van der Waals surface area contributed by atoms with Gasteiger partial charge in [0.15, 0.2) is 0 Å². The number of hydrogen-bond acceptors (Lipinski definition) is 1. The summed E-state index contributed by atoms with van der Waals surface area (Å²) in [6.45, 7) is 0. The SMILES string of the molecule is N#C/C(=C\c1ccc(F)cc1)c1ccc(F)cc1. The topological polar surface area (TPSA) is 23.8 Å². The van der Waals surface area contributed by atoms with Gasteiger partial charge in [-0.05, 0) is 41.5 Å². The molecule has 0 atom stereocenters. The van der Waals surface area contributed by atoms with E-state index in [0.29, 0.717) is 11.1 Å². The minimum Gasteiger partial charge on any atom is -0.207 e. The molecule has 2 aromatic rings. The van der Waals surface area contributed by atoms with Crippen molar-refractivity contribution in [3.8, 4) is 6.07 Å². The quantitative estimate of drug-likeness (QED) is 0.575. The Morgan fingerprint density at radius 2 is 1.39 bits per heavy atom. The summed E-state index contributed by atoms with van der Waals surface area (Å²) in [5.41, 5.74) is 1.75. The van der Waals surface area contributed by atoms with E-state index >= 15 is 0 Å². The van der Waals surface area contributed by atoms with Crippen molar-refractivity contribution in [1.82, 2.24) is 0 Å². The number of hydrogen-bond donors (Lipinski definition) is 0. The van der Waals surface area contributed by atoms with Gasteiger partial charge in [0.05, 0.1) is 11.6 Å². The normalized spacial score (nSPS) is 11.1. The zero-order valence-corrected chi connectivity index (χ0v) is 9.40. The van der Waals surface area contributed by atoms with Crippen LogP contribution in [0.3, 0.4) is 0 Å². The second kappa shape index (κ2) is 5.24. The summed E-state index contributed by atoms with van der Waals surface area (Å²) in [5, 5.41) is 9.08. The second-order valence-electron chi connectivity index (χ2n) is 3.73. The largest absolute Gasteiger partial charge is 0.207 e. The fourth-order valence-corrected chi connectivity index (χ4v) is 1.54. The first kappa shape index (κ1) is 12.0. The molecule has 3 heteroatoms. The molecule has 0 aromatic heterocycles. The Morgan fingerprint density at radius 1 is 0.889 bits per heavy atom. The molecule has 0 radical (unpaired) electrons. The van der Waals surface area contributed by atoms with E-state index in [4.69, 9.17) is 5.26 Å². The van der Waals surface area contributed by atoms with Crippen molar-refractivity contribution in [3.05, 3.63) is 71.3 Å². The Balaban J connectivity index is 2.37. The molecule has 2 rings (SSSR count). The van der Waals surface area contributed by atoms with Gasteiger partial charge >= 0.3 is 0 Å². The molecule has 0 heterocycles. The van der Waals surface area contributed by atoms with Crippen LogP contribution in [0.2, 0.25) is 0 Å². The Hall–Kier alpha value is -2.47. The highest BCUT2D eigenvalue weighted by molar-refractivity contribution is 5.89. The zero-order chi connectivity index (χ0) is 13.0. The van der Waals surface area contributed by atoms with Gasteiger partial charge < -0.3 is 0 Å². The summed E-state index contributed by atoms with van der Waals surface area (Å²) in [4.78, 5) is 0. The van der Waals surface area contributed by atoms with Gasteiger partial charge in [-0.3, -0.25) is 0 Å². The van der Waals surface area contributed by atoms with Gasteiger partial charge in [-0.25, -0.2) is 8.78 Å². The maximum atomic E-state index is 12.8. The number of nitrogens with zero attached hydrogens (tertiary/aromatic N) is 1. The van der Waals surface area contributed by atoms with Crippen LogP contribution in [-0.2, 0) is 0 Å². The summed E-state index contributed by atoms with van der Waals surface area (Å²) >= 11 is 0. The van der Waals surface area contributed by atoms with Crippen LogP contribution in [0.15, 0.2) is 48.5 Å². The van der Waals surface area contributed by atoms with Crippen molar-refractivity contribution in [2.45, 2.75) is 0 Å². The molecule has 0 saturated heterocycles. The lowest BCUT2D eigenvalue weighted by atomic mass is 10.0. The fourth-order valence-electron chi connectivity index (χ4n) is 1.54. The average Bonchev–Trinajstić information content (AvgIpc) is 2.39. The van der Waals surface area contributed by atoms with Crippen molar-refractivity contribution in [3.63, 3.8) is 0 Å². The number of allylic oxidation sites excluding steroid dienone is 1. The molecule has 0 fully saturated rings. The predicted octanol–water partition coefficient (Wildman–Crippen LogP) is 4.03. The van der Waals surface area contributed by atoms with E-state index in [-0.39, 0.29) is 11.6 Å². The molecule has 0 aliphatic rings. The Labute approximate surface area is 104 Å². The fraction of sp³-hybridized carbons (Fsp3) is 0. The molecule has 0 N–H and O–H groups in total. The summed E-state index contributed by atoms with van der Waals surface area (Å²) in [6, 6.07) is 13.5. The van der Waals surface area contributed by atoms with Gasteiger partial charge in [0.2, 0.25) is 0 Å². The van der Waals surface area contributed by atoms with Crippen LogP contribution in [-0.4, -0.2) is 0 Å². The van der Waals surface area contributed by atoms with Crippen LogP contribution in [0.25, 0.3) is 11.6 Å². The van der Waals surface area contributed by atoms with Crippen molar-refractivity contribution in [1.29, 1.82) is 5.26 Å². The van der Waals surface area contributed by atoms with Crippen molar-refractivity contribution in [2.24, 2.45) is 0 Å². The molecule has 0 aliphatic heterocycles. The third-order valence-electron chi connectivity index (χ3n) is 2.46. The monoisotopic (exact) mass is 241 g/mol.